The molecule has 7 nitrogen and oxygen atoms in total. The summed E-state index contributed by atoms with van der Waals surface area (Å²) in [5, 5.41) is 16.9. The van der Waals surface area contributed by atoms with Crippen molar-refractivity contribution in [1.82, 2.24) is 19.7 Å². The summed E-state index contributed by atoms with van der Waals surface area (Å²) in [6, 6.07) is 3.57. The summed E-state index contributed by atoms with van der Waals surface area (Å²) < 4.78 is 28.4. The first-order chi connectivity index (χ1) is 13.5. The van der Waals surface area contributed by atoms with Crippen molar-refractivity contribution in [3.8, 4) is 5.95 Å². The van der Waals surface area contributed by atoms with Gasteiger partial charge >= 0.3 is 0 Å². The first-order valence-electron chi connectivity index (χ1n) is 9.54. The number of aromatic nitrogens is 4. The third-order valence-corrected chi connectivity index (χ3v) is 6.06. The summed E-state index contributed by atoms with van der Waals surface area (Å²) in [6.07, 6.45) is 2.34. The summed E-state index contributed by atoms with van der Waals surface area (Å²) in [7, 11) is 0. The molecule has 0 amide bonds. The molecule has 0 spiro atoms. The maximum atomic E-state index is 13.5. The predicted molar refractivity (Wildman–Crippen MR) is 105 cm³/mol. The van der Waals surface area contributed by atoms with E-state index in [1.54, 1.807) is 12.3 Å². The van der Waals surface area contributed by atoms with Gasteiger partial charge in [0.05, 0.1) is 12.3 Å². The molecule has 0 radical (unpaired) electrons. The van der Waals surface area contributed by atoms with Crippen molar-refractivity contribution in [3.63, 3.8) is 0 Å². The summed E-state index contributed by atoms with van der Waals surface area (Å²) in [5.74, 6) is 1.34. The lowest BCUT2D eigenvalue weighted by atomic mass is 9.92. The lowest BCUT2D eigenvalue weighted by Crippen LogP contribution is -2.34. The van der Waals surface area contributed by atoms with Crippen molar-refractivity contribution in [2.45, 2.75) is 44.3 Å². The molecule has 10 heteroatoms. The number of alkyl halides is 2. The fourth-order valence-corrected chi connectivity index (χ4v) is 4.41. The molecule has 0 unspecified atom stereocenters. The molecule has 2 aromatic rings. The monoisotopic (exact) mass is 410 g/mol. The van der Waals surface area contributed by atoms with Gasteiger partial charge in [-0.05, 0) is 18.9 Å². The molecule has 0 aromatic carbocycles. The Balaban J connectivity index is 1.59. The lowest BCUT2D eigenvalue weighted by molar-refractivity contribution is -0.0361. The third kappa shape index (κ3) is 4.54. The predicted octanol–water partition coefficient (Wildman–Crippen LogP) is 2.70. The summed E-state index contributed by atoms with van der Waals surface area (Å²) >= 11 is 1.92. The van der Waals surface area contributed by atoms with Crippen LogP contribution < -0.4 is 10.2 Å². The Morgan fingerprint density at radius 2 is 1.96 bits per heavy atom. The molecule has 0 atom stereocenters. The quantitative estimate of drug-likeness (QED) is 0.785. The summed E-state index contributed by atoms with van der Waals surface area (Å²) in [5.41, 5.74) is 0.535. The zero-order valence-electron chi connectivity index (χ0n) is 15.5. The molecule has 28 heavy (non-hydrogen) atoms. The van der Waals surface area contributed by atoms with Crippen LogP contribution in [-0.4, -0.2) is 61.4 Å². The van der Waals surface area contributed by atoms with Gasteiger partial charge in [-0.3, -0.25) is 0 Å². The van der Waals surface area contributed by atoms with E-state index < -0.39 is 5.92 Å². The normalized spacial score (nSPS) is 20.3. The van der Waals surface area contributed by atoms with Crippen molar-refractivity contribution >= 4 is 23.4 Å². The van der Waals surface area contributed by atoms with Crippen LogP contribution in [0.5, 0.6) is 0 Å². The summed E-state index contributed by atoms with van der Waals surface area (Å²) in [4.78, 5) is 11.4. The average Bonchev–Trinajstić information content (AvgIpc) is 3.19. The van der Waals surface area contributed by atoms with Crippen LogP contribution in [-0.2, 0) is 6.61 Å². The molecule has 4 rings (SSSR count). The number of thioether (sulfide) groups is 1. The van der Waals surface area contributed by atoms with Crippen LogP contribution in [0.4, 0.5) is 20.4 Å². The second kappa shape index (κ2) is 8.20. The second-order valence-electron chi connectivity index (χ2n) is 7.20. The highest BCUT2D eigenvalue weighted by Gasteiger charge is 2.35. The van der Waals surface area contributed by atoms with Gasteiger partial charge in [-0.1, -0.05) is 0 Å². The van der Waals surface area contributed by atoms with E-state index in [-0.39, 0.29) is 25.5 Å². The topological polar surface area (TPSA) is 79.1 Å². The van der Waals surface area contributed by atoms with Gasteiger partial charge < -0.3 is 15.3 Å². The van der Waals surface area contributed by atoms with E-state index in [1.165, 1.54) is 4.68 Å². The molecule has 2 fully saturated rings. The molecular formula is C18H24F2N6OS. The van der Waals surface area contributed by atoms with Gasteiger partial charge in [0.15, 0.2) is 0 Å². The number of aliphatic hydroxyl groups excluding tert-OH is 1. The molecular weight excluding hydrogens is 386 g/mol. The first kappa shape index (κ1) is 19.4. The van der Waals surface area contributed by atoms with Gasteiger partial charge in [-0.25, -0.2) is 13.5 Å². The van der Waals surface area contributed by atoms with E-state index in [0.29, 0.717) is 30.3 Å². The minimum atomic E-state index is -2.55. The van der Waals surface area contributed by atoms with Crippen LogP contribution in [0.1, 0.15) is 31.4 Å². The molecule has 1 saturated carbocycles. The standard InChI is InChI=1S/C18H24F2N6OS/c19-18(20)4-1-13(2-5-18)21-15-11-16(25-7-9-28-10-8-25)23-17(22-15)26-6-3-14(12-27)24-26/h3,6,11,13,27H,1-2,4-5,7-10,12H2,(H,21,22,23). The molecule has 0 bridgehead atoms. The van der Waals surface area contributed by atoms with E-state index in [9.17, 15) is 13.9 Å². The van der Waals surface area contributed by atoms with E-state index in [2.05, 4.69) is 25.3 Å². The number of anilines is 2. The fourth-order valence-electron chi connectivity index (χ4n) is 3.50. The molecule has 2 aliphatic rings. The number of rotatable bonds is 5. The Hall–Kier alpha value is -1.94. The maximum Gasteiger partial charge on any atom is 0.254 e. The number of halogens is 2. The molecule has 2 N–H and O–H groups in total. The van der Waals surface area contributed by atoms with Crippen LogP contribution in [0.15, 0.2) is 18.3 Å². The zero-order valence-corrected chi connectivity index (χ0v) is 16.3. The highest BCUT2D eigenvalue weighted by Crippen LogP contribution is 2.34. The number of nitrogens with one attached hydrogen (secondary N) is 1. The molecule has 1 aliphatic carbocycles. The highest BCUT2D eigenvalue weighted by atomic mass is 32.2. The van der Waals surface area contributed by atoms with Crippen molar-refractivity contribution < 1.29 is 13.9 Å². The largest absolute Gasteiger partial charge is 0.390 e. The van der Waals surface area contributed by atoms with Crippen LogP contribution in [0.25, 0.3) is 5.95 Å². The maximum absolute atomic E-state index is 13.5. The van der Waals surface area contributed by atoms with Crippen molar-refractivity contribution in [1.29, 1.82) is 0 Å². The van der Waals surface area contributed by atoms with E-state index in [4.69, 9.17) is 0 Å². The smallest absolute Gasteiger partial charge is 0.254 e. The van der Waals surface area contributed by atoms with Gasteiger partial charge in [0.1, 0.15) is 11.6 Å². The molecule has 152 valence electrons. The van der Waals surface area contributed by atoms with Crippen LogP contribution in [0, 0.1) is 0 Å². The summed E-state index contributed by atoms with van der Waals surface area (Å²) in [6.45, 7) is 1.64. The molecule has 3 heterocycles. The van der Waals surface area contributed by atoms with Gasteiger partial charge in [0.2, 0.25) is 5.92 Å². The number of hydrogen-bond acceptors (Lipinski definition) is 7. The van der Waals surface area contributed by atoms with Crippen LogP contribution in [0.3, 0.4) is 0 Å². The number of nitrogens with zero attached hydrogens (tertiary/aromatic N) is 5. The Bertz CT molecular complexity index is 801. The SMILES string of the molecule is OCc1ccn(-c2nc(NC3CCC(F)(F)CC3)cc(N3CCSCC3)n2)n1. The Kier molecular flexibility index (Phi) is 5.68. The van der Waals surface area contributed by atoms with Gasteiger partial charge in [0.25, 0.3) is 5.95 Å². The van der Waals surface area contributed by atoms with Crippen molar-refractivity contribution in [2.75, 3.05) is 34.8 Å². The second-order valence-corrected chi connectivity index (χ2v) is 8.42. The van der Waals surface area contributed by atoms with Crippen LogP contribution >= 0.6 is 11.8 Å². The first-order valence-corrected chi connectivity index (χ1v) is 10.7. The van der Waals surface area contributed by atoms with Crippen molar-refractivity contribution in [2.24, 2.45) is 0 Å². The van der Waals surface area contributed by atoms with Gasteiger partial charge in [0, 0.05) is 55.7 Å². The molecule has 1 saturated heterocycles. The minimum absolute atomic E-state index is 0.0299. The average molecular weight is 410 g/mol. The molecule has 2 aromatic heterocycles. The van der Waals surface area contributed by atoms with E-state index in [0.717, 1.165) is 30.4 Å². The highest BCUT2D eigenvalue weighted by molar-refractivity contribution is 7.99. The third-order valence-electron chi connectivity index (χ3n) is 5.12. The number of hydrogen-bond donors (Lipinski definition) is 2. The minimum Gasteiger partial charge on any atom is -0.390 e. The van der Waals surface area contributed by atoms with Gasteiger partial charge in [-0.15, -0.1) is 0 Å². The zero-order chi connectivity index (χ0) is 19.6. The fraction of sp³-hybridized carbons (Fsp3) is 0.611. The Labute approximate surface area is 166 Å². The van der Waals surface area contributed by atoms with Crippen LogP contribution in [0.2, 0.25) is 0 Å². The Morgan fingerprint density at radius 3 is 2.64 bits per heavy atom. The lowest BCUT2D eigenvalue weighted by Gasteiger charge is -2.30. The van der Waals surface area contributed by atoms with Gasteiger partial charge in [-0.2, -0.15) is 26.8 Å². The van der Waals surface area contributed by atoms with E-state index >= 15 is 0 Å². The molecule has 1 aliphatic heterocycles. The Morgan fingerprint density at radius 1 is 1.21 bits per heavy atom. The number of aliphatic hydroxyl groups is 1. The van der Waals surface area contributed by atoms with Crippen molar-refractivity contribution in [3.05, 3.63) is 24.0 Å². The van der Waals surface area contributed by atoms with E-state index in [1.807, 2.05) is 17.8 Å².